The Morgan fingerprint density at radius 3 is 2.79 bits per heavy atom. The molecule has 102 valence electrons. The molecule has 0 radical (unpaired) electrons. The number of methoxy groups -OCH3 is 2. The predicted molar refractivity (Wildman–Crippen MR) is 71.3 cm³/mol. The van der Waals surface area contributed by atoms with Gasteiger partial charge in [0.1, 0.15) is 5.75 Å². The SMILES string of the molecule is COc1ccc2nc(OC)n(CCCC(N)=O)c2c1. The van der Waals surface area contributed by atoms with Crippen molar-refractivity contribution in [3.8, 4) is 11.8 Å². The van der Waals surface area contributed by atoms with E-state index in [0.717, 1.165) is 16.8 Å². The first-order valence-electron chi connectivity index (χ1n) is 6.02. The lowest BCUT2D eigenvalue weighted by Gasteiger charge is -2.07. The van der Waals surface area contributed by atoms with E-state index in [1.807, 2.05) is 22.8 Å². The van der Waals surface area contributed by atoms with Crippen molar-refractivity contribution < 1.29 is 14.3 Å². The Morgan fingerprint density at radius 1 is 1.37 bits per heavy atom. The van der Waals surface area contributed by atoms with Crippen LogP contribution in [-0.4, -0.2) is 29.7 Å². The van der Waals surface area contributed by atoms with Crippen LogP contribution in [-0.2, 0) is 11.3 Å². The van der Waals surface area contributed by atoms with Crippen molar-refractivity contribution in [2.75, 3.05) is 14.2 Å². The smallest absolute Gasteiger partial charge is 0.297 e. The highest BCUT2D eigenvalue weighted by Crippen LogP contribution is 2.25. The number of hydrogen-bond donors (Lipinski definition) is 1. The highest BCUT2D eigenvalue weighted by atomic mass is 16.5. The molecule has 6 heteroatoms. The zero-order valence-corrected chi connectivity index (χ0v) is 11.0. The third kappa shape index (κ3) is 2.78. The Balaban J connectivity index is 2.34. The van der Waals surface area contributed by atoms with Crippen LogP contribution >= 0.6 is 0 Å². The first kappa shape index (κ1) is 13.2. The topological polar surface area (TPSA) is 79.4 Å². The summed E-state index contributed by atoms with van der Waals surface area (Å²) in [6.45, 7) is 0.621. The average Bonchev–Trinajstić information content (AvgIpc) is 2.75. The van der Waals surface area contributed by atoms with Gasteiger partial charge in [0.25, 0.3) is 6.01 Å². The second kappa shape index (κ2) is 5.60. The van der Waals surface area contributed by atoms with Gasteiger partial charge in [-0.05, 0) is 18.6 Å². The second-order valence-corrected chi connectivity index (χ2v) is 4.17. The molecule has 0 saturated heterocycles. The molecule has 6 nitrogen and oxygen atoms in total. The van der Waals surface area contributed by atoms with Gasteiger partial charge in [-0.2, -0.15) is 4.98 Å². The van der Waals surface area contributed by atoms with E-state index in [2.05, 4.69) is 4.98 Å². The summed E-state index contributed by atoms with van der Waals surface area (Å²) in [5.41, 5.74) is 6.89. The van der Waals surface area contributed by atoms with Gasteiger partial charge in [-0.25, -0.2) is 0 Å². The fourth-order valence-electron chi connectivity index (χ4n) is 1.99. The van der Waals surface area contributed by atoms with Gasteiger partial charge in [0.05, 0.1) is 25.3 Å². The Morgan fingerprint density at radius 2 is 2.16 bits per heavy atom. The summed E-state index contributed by atoms with van der Waals surface area (Å²) < 4.78 is 12.4. The first-order valence-corrected chi connectivity index (χ1v) is 6.02. The quantitative estimate of drug-likeness (QED) is 0.852. The zero-order chi connectivity index (χ0) is 13.8. The zero-order valence-electron chi connectivity index (χ0n) is 11.0. The number of imidazole rings is 1. The van der Waals surface area contributed by atoms with Gasteiger partial charge in [0.2, 0.25) is 5.91 Å². The summed E-state index contributed by atoms with van der Waals surface area (Å²) in [6.07, 6.45) is 0.987. The molecule has 2 N–H and O–H groups in total. The van der Waals surface area contributed by atoms with Crippen LogP contribution in [0.1, 0.15) is 12.8 Å². The standard InChI is InChI=1S/C13H17N3O3/c1-18-9-5-6-10-11(8-9)16(13(15-10)19-2)7-3-4-12(14)17/h5-6,8H,3-4,7H2,1-2H3,(H2,14,17). The maximum Gasteiger partial charge on any atom is 0.297 e. The van der Waals surface area contributed by atoms with Crippen LogP contribution in [0.4, 0.5) is 0 Å². The summed E-state index contributed by atoms with van der Waals surface area (Å²) in [6, 6.07) is 6.14. The molecule has 0 spiro atoms. The van der Waals surface area contributed by atoms with Crippen molar-refractivity contribution in [2.24, 2.45) is 5.73 Å². The van der Waals surface area contributed by atoms with Gasteiger partial charge in [-0.3, -0.25) is 9.36 Å². The number of aryl methyl sites for hydroxylation is 1. The highest BCUT2D eigenvalue weighted by Gasteiger charge is 2.12. The van der Waals surface area contributed by atoms with Crippen LogP contribution in [0.15, 0.2) is 18.2 Å². The minimum Gasteiger partial charge on any atom is -0.497 e. The van der Waals surface area contributed by atoms with Crippen LogP contribution in [0.25, 0.3) is 11.0 Å². The average molecular weight is 263 g/mol. The summed E-state index contributed by atoms with van der Waals surface area (Å²) in [5, 5.41) is 0. The van der Waals surface area contributed by atoms with E-state index in [-0.39, 0.29) is 5.91 Å². The number of nitrogens with zero attached hydrogens (tertiary/aromatic N) is 2. The lowest BCUT2D eigenvalue weighted by Crippen LogP contribution is -2.11. The number of rotatable bonds is 6. The molecule has 0 aliphatic rings. The van der Waals surface area contributed by atoms with Crippen molar-refractivity contribution in [2.45, 2.75) is 19.4 Å². The number of ether oxygens (including phenoxy) is 2. The van der Waals surface area contributed by atoms with E-state index >= 15 is 0 Å². The van der Waals surface area contributed by atoms with Crippen molar-refractivity contribution in [1.82, 2.24) is 9.55 Å². The van der Waals surface area contributed by atoms with Gasteiger partial charge in [0, 0.05) is 19.0 Å². The van der Waals surface area contributed by atoms with Crippen molar-refractivity contribution in [1.29, 1.82) is 0 Å². The predicted octanol–water partition coefficient (Wildman–Crippen LogP) is 1.32. The maximum absolute atomic E-state index is 10.8. The molecular weight excluding hydrogens is 246 g/mol. The summed E-state index contributed by atoms with van der Waals surface area (Å²) in [4.78, 5) is 15.2. The van der Waals surface area contributed by atoms with Gasteiger partial charge in [0.15, 0.2) is 0 Å². The Labute approximate surface area is 111 Å². The van der Waals surface area contributed by atoms with Gasteiger partial charge in [-0.1, -0.05) is 0 Å². The number of aromatic nitrogens is 2. The first-order chi connectivity index (χ1) is 9.15. The molecular formula is C13H17N3O3. The maximum atomic E-state index is 10.8. The van der Waals surface area contributed by atoms with E-state index in [1.165, 1.54) is 0 Å². The minimum absolute atomic E-state index is 0.305. The molecule has 2 rings (SSSR count). The molecule has 1 amide bonds. The van der Waals surface area contributed by atoms with Crippen LogP contribution in [0.3, 0.4) is 0 Å². The van der Waals surface area contributed by atoms with E-state index < -0.39 is 0 Å². The van der Waals surface area contributed by atoms with E-state index in [9.17, 15) is 4.79 Å². The van der Waals surface area contributed by atoms with Crippen molar-refractivity contribution in [3.63, 3.8) is 0 Å². The monoisotopic (exact) mass is 263 g/mol. The van der Waals surface area contributed by atoms with Crippen molar-refractivity contribution >= 4 is 16.9 Å². The highest BCUT2D eigenvalue weighted by molar-refractivity contribution is 5.78. The number of nitrogens with two attached hydrogens (primary N) is 1. The van der Waals surface area contributed by atoms with E-state index in [0.29, 0.717) is 25.4 Å². The molecule has 1 heterocycles. The molecule has 2 aromatic rings. The molecule has 0 unspecified atom stereocenters. The molecule has 1 aromatic heterocycles. The molecule has 0 aliphatic carbocycles. The summed E-state index contributed by atoms with van der Waals surface area (Å²) in [7, 11) is 3.19. The Bertz CT molecular complexity index is 592. The van der Waals surface area contributed by atoms with Gasteiger partial charge < -0.3 is 15.2 Å². The largest absolute Gasteiger partial charge is 0.497 e. The van der Waals surface area contributed by atoms with E-state index in [1.54, 1.807) is 14.2 Å². The Kier molecular flexibility index (Phi) is 3.89. The minimum atomic E-state index is -0.305. The molecule has 0 saturated carbocycles. The number of benzene rings is 1. The van der Waals surface area contributed by atoms with Crippen LogP contribution in [0, 0.1) is 0 Å². The number of hydrogen-bond acceptors (Lipinski definition) is 4. The third-order valence-corrected chi connectivity index (χ3v) is 2.91. The van der Waals surface area contributed by atoms with Crippen LogP contribution in [0.5, 0.6) is 11.8 Å². The molecule has 0 bridgehead atoms. The summed E-state index contributed by atoms with van der Waals surface area (Å²) >= 11 is 0. The van der Waals surface area contributed by atoms with Crippen LogP contribution in [0.2, 0.25) is 0 Å². The molecule has 0 atom stereocenters. The van der Waals surface area contributed by atoms with Gasteiger partial charge >= 0.3 is 0 Å². The summed E-state index contributed by atoms with van der Waals surface area (Å²) in [5.74, 6) is 0.451. The number of carbonyl (C=O) groups is 1. The third-order valence-electron chi connectivity index (χ3n) is 2.91. The number of primary amides is 1. The number of carbonyl (C=O) groups excluding carboxylic acids is 1. The van der Waals surface area contributed by atoms with Crippen molar-refractivity contribution in [3.05, 3.63) is 18.2 Å². The van der Waals surface area contributed by atoms with Crippen LogP contribution < -0.4 is 15.2 Å². The fraction of sp³-hybridized carbons (Fsp3) is 0.385. The second-order valence-electron chi connectivity index (χ2n) is 4.17. The lowest BCUT2D eigenvalue weighted by molar-refractivity contribution is -0.118. The molecule has 1 aromatic carbocycles. The van der Waals surface area contributed by atoms with Gasteiger partial charge in [-0.15, -0.1) is 0 Å². The number of fused-ring (bicyclic) bond motifs is 1. The Hall–Kier alpha value is -2.24. The fourth-order valence-corrected chi connectivity index (χ4v) is 1.99. The normalized spacial score (nSPS) is 10.6. The molecule has 19 heavy (non-hydrogen) atoms. The lowest BCUT2D eigenvalue weighted by atomic mass is 10.2. The molecule has 0 aliphatic heterocycles. The number of amides is 1. The van der Waals surface area contributed by atoms with E-state index in [4.69, 9.17) is 15.2 Å². The molecule has 0 fully saturated rings.